The van der Waals surface area contributed by atoms with Crippen molar-refractivity contribution < 1.29 is 14.6 Å². The van der Waals surface area contributed by atoms with Crippen LogP contribution < -0.4 is 0 Å². The van der Waals surface area contributed by atoms with Gasteiger partial charge in [-0.2, -0.15) is 0 Å². The Morgan fingerprint density at radius 3 is 2.79 bits per heavy atom. The summed E-state index contributed by atoms with van der Waals surface area (Å²) in [6.45, 7) is 2.07. The predicted molar refractivity (Wildman–Crippen MR) is 73.8 cm³/mol. The minimum absolute atomic E-state index is 0.0767. The smallest absolute Gasteiger partial charge is 0.226 e. The first-order chi connectivity index (χ1) is 9.29. The van der Waals surface area contributed by atoms with Gasteiger partial charge < -0.3 is 14.7 Å². The van der Waals surface area contributed by atoms with E-state index in [2.05, 4.69) is 6.08 Å². The van der Waals surface area contributed by atoms with Gasteiger partial charge in [-0.3, -0.25) is 4.79 Å². The fourth-order valence-electron chi connectivity index (χ4n) is 2.86. The monoisotopic (exact) mass is 267 g/mol. The molecular formula is C15H25NO3. The first-order valence-electron chi connectivity index (χ1n) is 7.47. The lowest BCUT2D eigenvalue weighted by Crippen LogP contribution is -2.41. The molecule has 1 saturated heterocycles. The van der Waals surface area contributed by atoms with Crippen LogP contribution in [0.1, 0.15) is 44.9 Å². The molecule has 2 aliphatic rings. The molecule has 0 radical (unpaired) electrons. The summed E-state index contributed by atoms with van der Waals surface area (Å²) >= 11 is 0. The number of nitrogens with zero attached hydrogens (tertiary/aromatic N) is 1. The zero-order chi connectivity index (χ0) is 13.5. The van der Waals surface area contributed by atoms with Gasteiger partial charge in [0.2, 0.25) is 5.91 Å². The van der Waals surface area contributed by atoms with Crippen LogP contribution in [0.15, 0.2) is 11.6 Å². The largest absolute Gasteiger partial charge is 0.394 e. The van der Waals surface area contributed by atoms with Crippen LogP contribution in [0.4, 0.5) is 0 Å². The third kappa shape index (κ3) is 4.62. The van der Waals surface area contributed by atoms with Crippen molar-refractivity contribution in [2.75, 3.05) is 26.3 Å². The van der Waals surface area contributed by atoms with Gasteiger partial charge in [0.1, 0.15) is 0 Å². The molecule has 1 amide bonds. The molecule has 4 nitrogen and oxygen atoms in total. The van der Waals surface area contributed by atoms with E-state index >= 15 is 0 Å². The average molecular weight is 267 g/mol. The third-order valence-electron chi connectivity index (χ3n) is 4.00. The van der Waals surface area contributed by atoms with Crippen molar-refractivity contribution in [3.05, 3.63) is 11.6 Å². The zero-order valence-electron chi connectivity index (χ0n) is 11.6. The Bertz CT molecular complexity index is 319. The minimum Gasteiger partial charge on any atom is -0.394 e. The third-order valence-corrected chi connectivity index (χ3v) is 4.00. The second-order valence-corrected chi connectivity index (χ2v) is 5.46. The van der Waals surface area contributed by atoms with E-state index in [9.17, 15) is 4.79 Å². The Hall–Kier alpha value is -0.870. The molecule has 1 N–H and O–H groups in total. The summed E-state index contributed by atoms with van der Waals surface area (Å²) in [5, 5.41) is 8.72. The number of hydrogen-bond acceptors (Lipinski definition) is 3. The highest BCUT2D eigenvalue weighted by molar-refractivity contribution is 5.78. The van der Waals surface area contributed by atoms with Gasteiger partial charge in [-0.15, -0.1) is 0 Å². The minimum atomic E-state index is 0.0767. The lowest BCUT2D eigenvalue weighted by Gasteiger charge is -2.32. The van der Waals surface area contributed by atoms with E-state index in [1.54, 1.807) is 0 Å². The summed E-state index contributed by atoms with van der Waals surface area (Å²) in [5.74, 6) is 0.272. The fraction of sp³-hybridized carbons (Fsp3) is 0.800. The number of rotatable bonds is 5. The molecule has 0 atom stereocenters. The van der Waals surface area contributed by atoms with Crippen molar-refractivity contribution in [3.8, 4) is 0 Å². The van der Waals surface area contributed by atoms with Gasteiger partial charge in [-0.1, -0.05) is 11.6 Å². The number of carbonyl (C=O) groups is 1. The molecule has 2 rings (SSSR count). The fourth-order valence-corrected chi connectivity index (χ4v) is 2.86. The molecule has 1 heterocycles. The van der Waals surface area contributed by atoms with Crippen LogP contribution in [0.3, 0.4) is 0 Å². The molecule has 0 bridgehead atoms. The Morgan fingerprint density at radius 2 is 2.16 bits per heavy atom. The van der Waals surface area contributed by atoms with Gasteiger partial charge in [0.25, 0.3) is 0 Å². The highest BCUT2D eigenvalue weighted by atomic mass is 16.5. The Kier molecular flexibility index (Phi) is 5.86. The maximum absolute atomic E-state index is 12.2. The Balaban J connectivity index is 1.71. The number of carbonyl (C=O) groups excluding carboxylic acids is 1. The van der Waals surface area contributed by atoms with Gasteiger partial charge >= 0.3 is 0 Å². The van der Waals surface area contributed by atoms with Crippen molar-refractivity contribution >= 4 is 5.91 Å². The first kappa shape index (κ1) is 14.5. The number of hydrogen-bond donors (Lipinski definition) is 1. The topological polar surface area (TPSA) is 49.8 Å². The number of allylic oxidation sites excluding steroid dienone is 1. The van der Waals surface area contributed by atoms with Crippen LogP contribution in [0.2, 0.25) is 0 Å². The summed E-state index contributed by atoms with van der Waals surface area (Å²) in [6.07, 6.45) is 9.60. The molecule has 0 aromatic heterocycles. The molecule has 0 saturated carbocycles. The number of likely N-dealkylation sites (tertiary alicyclic amines) is 1. The molecule has 0 aromatic carbocycles. The van der Waals surface area contributed by atoms with Crippen LogP contribution in [0.25, 0.3) is 0 Å². The summed E-state index contributed by atoms with van der Waals surface area (Å²) < 4.78 is 5.51. The summed E-state index contributed by atoms with van der Waals surface area (Å²) in [6, 6.07) is 0. The molecule has 0 unspecified atom stereocenters. The normalized spacial score (nSPS) is 21.3. The van der Waals surface area contributed by atoms with E-state index in [4.69, 9.17) is 9.84 Å². The van der Waals surface area contributed by atoms with Gasteiger partial charge in [0, 0.05) is 19.5 Å². The predicted octanol–water partition coefficient (Wildman–Crippen LogP) is 1.88. The van der Waals surface area contributed by atoms with Crippen molar-refractivity contribution in [2.45, 2.75) is 51.0 Å². The van der Waals surface area contributed by atoms with Crippen molar-refractivity contribution in [1.82, 2.24) is 4.90 Å². The number of ether oxygens (including phenoxy) is 1. The summed E-state index contributed by atoms with van der Waals surface area (Å²) in [7, 11) is 0. The Labute approximate surface area is 115 Å². The van der Waals surface area contributed by atoms with Crippen molar-refractivity contribution in [3.63, 3.8) is 0 Å². The number of amides is 1. The van der Waals surface area contributed by atoms with E-state index in [1.807, 2.05) is 4.90 Å². The highest BCUT2D eigenvalue weighted by Gasteiger charge is 2.23. The van der Waals surface area contributed by atoms with Gasteiger partial charge in [-0.05, 0) is 38.5 Å². The quantitative estimate of drug-likeness (QED) is 0.774. The summed E-state index contributed by atoms with van der Waals surface area (Å²) in [5.41, 5.74) is 1.33. The van der Waals surface area contributed by atoms with Crippen molar-refractivity contribution in [2.24, 2.45) is 0 Å². The van der Waals surface area contributed by atoms with Gasteiger partial charge in [-0.25, -0.2) is 0 Å². The van der Waals surface area contributed by atoms with E-state index in [0.29, 0.717) is 13.0 Å². The van der Waals surface area contributed by atoms with E-state index < -0.39 is 0 Å². The lowest BCUT2D eigenvalue weighted by molar-refractivity contribution is -0.133. The van der Waals surface area contributed by atoms with Crippen molar-refractivity contribution in [1.29, 1.82) is 0 Å². The molecule has 19 heavy (non-hydrogen) atoms. The van der Waals surface area contributed by atoms with Crippen LogP contribution in [-0.2, 0) is 9.53 Å². The van der Waals surface area contributed by atoms with Crippen LogP contribution in [-0.4, -0.2) is 48.3 Å². The summed E-state index contributed by atoms with van der Waals surface area (Å²) in [4.78, 5) is 14.2. The van der Waals surface area contributed by atoms with Crippen LogP contribution in [0, 0.1) is 0 Å². The molecule has 1 fully saturated rings. The second-order valence-electron chi connectivity index (χ2n) is 5.46. The molecule has 0 aromatic rings. The molecular weight excluding hydrogens is 242 g/mol. The maximum atomic E-state index is 12.2. The Morgan fingerprint density at radius 1 is 1.37 bits per heavy atom. The number of aliphatic hydroxyl groups is 1. The van der Waals surface area contributed by atoms with Crippen LogP contribution >= 0.6 is 0 Å². The number of piperidine rings is 1. The van der Waals surface area contributed by atoms with E-state index in [-0.39, 0.29) is 18.6 Å². The SMILES string of the molecule is O=C(CC1=CCCCC1)N1CCC(OCCO)CC1. The number of aliphatic hydroxyl groups excluding tert-OH is 1. The van der Waals surface area contributed by atoms with Crippen LogP contribution in [0.5, 0.6) is 0 Å². The maximum Gasteiger partial charge on any atom is 0.226 e. The van der Waals surface area contributed by atoms with Gasteiger partial charge in [0.15, 0.2) is 0 Å². The molecule has 0 spiro atoms. The standard InChI is InChI=1S/C15H25NO3/c17-10-11-19-14-6-8-16(9-7-14)15(18)12-13-4-2-1-3-5-13/h4,14,17H,1-3,5-12H2. The van der Waals surface area contributed by atoms with E-state index in [0.717, 1.165) is 38.8 Å². The molecule has 1 aliphatic carbocycles. The average Bonchev–Trinajstić information content (AvgIpc) is 2.46. The van der Waals surface area contributed by atoms with E-state index in [1.165, 1.54) is 18.4 Å². The molecule has 1 aliphatic heterocycles. The lowest BCUT2D eigenvalue weighted by atomic mass is 9.96. The highest BCUT2D eigenvalue weighted by Crippen LogP contribution is 2.22. The molecule has 108 valence electrons. The second kappa shape index (κ2) is 7.65. The first-order valence-corrected chi connectivity index (χ1v) is 7.47. The molecule has 4 heteroatoms. The zero-order valence-corrected chi connectivity index (χ0v) is 11.6. The van der Waals surface area contributed by atoms with Gasteiger partial charge in [0.05, 0.1) is 19.3 Å².